The Hall–Kier alpha value is -1.97. The Morgan fingerprint density at radius 1 is 1.39 bits per heavy atom. The molecule has 0 saturated heterocycles. The summed E-state index contributed by atoms with van der Waals surface area (Å²) >= 11 is 0. The fraction of sp³-hybridized carbons (Fsp3) is 0.357. The molecule has 0 radical (unpaired) electrons. The summed E-state index contributed by atoms with van der Waals surface area (Å²) in [6.45, 7) is 4.27. The molecular formula is C14H16N2O2. The van der Waals surface area contributed by atoms with Gasteiger partial charge in [0.05, 0.1) is 10.9 Å². The van der Waals surface area contributed by atoms with Crippen molar-refractivity contribution in [1.29, 1.82) is 0 Å². The second-order valence-corrected chi connectivity index (χ2v) is 4.84. The molecule has 0 bridgehead atoms. The van der Waals surface area contributed by atoms with Crippen LogP contribution in [0.3, 0.4) is 0 Å². The molecular weight excluding hydrogens is 228 g/mol. The average molecular weight is 244 g/mol. The van der Waals surface area contributed by atoms with Crippen LogP contribution < -0.4 is 5.56 Å². The zero-order valence-electron chi connectivity index (χ0n) is 10.6. The predicted octanol–water partition coefficient (Wildman–Crippen LogP) is 2.32. The van der Waals surface area contributed by atoms with Crippen molar-refractivity contribution < 1.29 is 4.79 Å². The molecule has 0 saturated carbocycles. The molecule has 0 unspecified atom stereocenters. The number of nitrogens with one attached hydrogen (secondary N) is 1. The van der Waals surface area contributed by atoms with Gasteiger partial charge in [-0.05, 0) is 30.5 Å². The number of aryl methyl sites for hydroxylation is 1. The van der Waals surface area contributed by atoms with Crippen LogP contribution in [0.2, 0.25) is 0 Å². The van der Waals surface area contributed by atoms with Gasteiger partial charge in [0.25, 0.3) is 5.56 Å². The first-order chi connectivity index (χ1) is 8.60. The molecule has 0 spiro atoms. The van der Waals surface area contributed by atoms with Crippen LogP contribution in [0.25, 0.3) is 10.9 Å². The highest BCUT2D eigenvalue weighted by atomic mass is 16.1. The van der Waals surface area contributed by atoms with Crippen LogP contribution in [0.5, 0.6) is 0 Å². The molecule has 1 aromatic heterocycles. The number of aromatic amines is 1. The lowest BCUT2D eigenvalue weighted by Gasteiger charge is -2.05. The topological polar surface area (TPSA) is 62.8 Å². The molecule has 1 heterocycles. The number of H-pyrrole nitrogens is 1. The van der Waals surface area contributed by atoms with Gasteiger partial charge in [0, 0.05) is 12.0 Å². The van der Waals surface area contributed by atoms with Crippen LogP contribution in [-0.4, -0.2) is 16.3 Å². The molecule has 0 fully saturated rings. The summed E-state index contributed by atoms with van der Waals surface area (Å²) in [5, 5.41) is 0.466. The van der Waals surface area contributed by atoms with Crippen LogP contribution in [0, 0.1) is 5.92 Å². The maximum atomic E-state index is 11.9. The van der Waals surface area contributed by atoms with E-state index in [0.29, 0.717) is 28.2 Å². The maximum absolute atomic E-state index is 11.9. The molecule has 1 N–H and O–H groups in total. The van der Waals surface area contributed by atoms with E-state index in [4.69, 9.17) is 0 Å². The van der Waals surface area contributed by atoms with E-state index in [0.717, 1.165) is 19.1 Å². The van der Waals surface area contributed by atoms with Crippen molar-refractivity contribution >= 4 is 17.2 Å². The van der Waals surface area contributed by atoms with Crippen molar-refractivity contribution in [3.05, 3.63) is 39.9 Å². The number of fused-ring (bicyclic) bond motifs is 1. The van der Waals surface area contributed by atoms with Crippen molar-refractivity contribution in [2.75, 3.05) is 0 Å². The number of aromatic nitrogens is 2. The van der Waals surface area contributed by atoms with Crippen molar-refractivity contribution in [2.24, 2.45) is 5.92 Å². The Morgan fingerprint density at radius 3 is 2.83 bits per heavy atom. The molecule has 2 rings (SSSR count). The number of hydrogen-bond acceptors (Lipinski definition) is 3. The van der Waals surface area contributed by atoms with Gasteiger partial charge in [0.2, 0.25) is 0 Å². The van der Waals surface area contributed by atoms with Gasteiger partial charge < -0.3 is 4.98 Å². The van der Waals surface area contributed by atoms with Gasteiger partial charge in [-0.2, -0.15) is 0 Å². The number of nitrogens with zero attached hydrogens (tertiary/aromatic N) is 1. The Balaban J connectivity index is 2.43. The van der Waals surface area contributed by atoms with E-state index in [1.807, 2.05) is 0 Å². The molecule has 4 nitrogen and oxygen atoms in total. The first kappa shape index (κ1) is 12.5. The van der Waals surface area contributed by atoms with E-state index >= 15 is 0 Å². The van der Waals surface area contributed by atoms with Gasteiger partial charge in [-0.3, -0.25) is 9.59 Å². The standard InChI is InChI=1S/C14H16N2O2/c1-9(2)3-6-13-15-12-5-4-10(8-17)7-11(12)14(18)16-13/h4-5,7-9H,3,6H2,1-2H3,(H,15,16,18). The van der Waals surface area contributed by atoms with Crippen molar-refractivity contribution in [2.45, 2.75) is 26.7 Å². The quantitative estimate of drug-likeness (QED) is 0.839. The van der Waals surface area contributed by atoms with Crippen molar-refractivity contribution in [3.63, 3.8) is 0 Å². The van der Waals surface area contributed by atoms with Crippen LogP contribution in [0.15, 0.2) is 23.0 Å². The number of benzene rings is 1. The molecule has 4 heteroatoms. The normalized spacial score (nSPS) is 11.1. The molecule has 18 heavy (non-hydrogen) atoms. The number of hydrogen-bond donors (Lipinski definition) is 1. The minimum atomic E-state index is -0.178. The lowest BCUT2D eigenvalue weighted by molar-refractivity contribution is 0.112. The third-order valence-corrected chi connectivity index (χ3v) is 2.87. The number of carbonyl (C=O) groups excluding carboxylic acids is 1. The van der Waals surface area contributed by atoms with Gasteiger partial charge in [0.15, 0.2) is 0 Å². The summed E-state index contributed by atoms with van der Waals surface area (Å²) < 4.78 is 0. The average Bonchev–Trinajstić information content (AvgIpc) is 2.36. The van der Waals surface area contributed by atoms with Gasteiger partial charge in [-0.15, -0.1) is 0 Å². The Bertz CT molecular complexity index is 629. The second-order valence-electron chi connectivity index (χ2n) is 4.84. The van der Waals surface area contributed by atoms with E-state index in [9.17, 15) is 9.59 Å². The minimum Gasteiger partial charge on any atom is -0.310 e. The molecule has 2 aromatic rings. The number of carbonyl (C=O) groups is 1. The first-order valence-electron chi connectivity index (χ1n) is 6.08. The Morgan fingerprint density at radius 2 is 2.17 bits per heavy atom. The van der Waals surface area contributed by atoms with Crippen LogP contribution in [-0.2, 0) is 6.42 Å². The second kappa shape index (κ2) is 5.12. The van der Waals surface area contributed by atoms with Crippen LogP contribution >= 0.6 is 0 Å². The molecule has 0 amide bonds. The smallest absolute Gasteiger partial charge is 0.258 e. The third kappa shape index (κ3) is 2.64. The third-order valence-electron chi connectivity index (χ3n) is 2.87. The van der Waals surface area contributed by atoms with Gasteiger partial charge in [0.1, 0.15) is 12.1 Å². The summed E-state index contributed by atoms with van der Waals surface area (Å²) in [5.41, 5.74) is 0.954. The van der Waals surface area contributed by atoms with E-state index in [1.54, 1.807) is 18.2 Å². The Kier molecular flexibility index (Phi) is 3.55. The highest BCUT2D eigenvalue weighted by molar-refractivity contribution is 5.86. The monoisotopic (exact) mass is 244 g/mol. The van der Waals surface area contributed by atoms with Gasteiger partial charge >= 0.3 is 0 Å². The van der Waals surface area contributed by atoms with E-state index in [1.165, 1.54) is 0 Å². The molecule has 0 atom stereocenters. The Labute approximate surface area is 105 Å². The largest absolute Gasteiger partial charge is 0.310 e. The summed E-state index contributed by atoms with van der Waals surface area (Å²) in [4.78, 5) is 29.8. The highest BCUT2D eigenvalue weighted by Crippen LogP contribution is 2.11. The first-order valence-corrected chi connectivity index (χ1v) is 6.08. The van der Waals surface area contributed by atoms with Gasteiger partial charge in [-0.1, -0.05) is 13.8 Å². The fourth-order valence-corrected chi connectivity index (χ4v) is 1.82. The summed E-state index contributed by atoms with van der Waals surface area (Å²) in [7, 11) is 0. The number of aldehydes is 1. The van der Waals surface area contributed by atoms with E-state index < -0.39 is 0 Å². The van der Waals surface area contributed by atoms with Crippen molar-refractivity contribution in [1.82, 2.24) is 9.97 Å². The summed E-state index contributed by atoms with van der Waals surface area (Å²) in [5.74, 6) is 1.28. The van der Waals surface area contributed by atoms with E-state index in [2.05, 4.69) is 23.8 Å². The molecule has 0 aliphatic carbocycles. The zero-order chi connectivity index (χ0) is 13.1. The van der Waals surface area contributed by atoms with Crippen molar-refractivity contribution in [3.8, 4) is 0 Å². The molecule has 0 aliphatic heterocycles. The molecule has 0 aliphatic rings. The molecule has 94 valence electrons. The maximum Gasteiger partial charge on any atom is 0.258 e. The van der Waals surface area contributed by atoms with E-state index in [-0.39, 0.29) is 5.56 Å². The summed E-state index contributed by atoms with van der Waals surface area (Å²) in [6.07, 6.45) is 2.48. The predicted molar refractivity (Wildman–Crippen MR) is 70.9 cm³/mol. The summed E-state index contributed by atoms with van der Waals surface area (Å²) in [6, 6.07) is 4.96. The highest BCUT2D eigenvalue weighted by Gasteiger charge is 2.05. The number of rotatable bonds is 4. The van der Waals surface area contributed by atoms with Crippen LogP contribution in [0.4, 0.5) is 0 Å². The lowest BCUT2D eigenvalue weighted by atomic mass is 10.1. The lowest BCUT2D eigenvalue weighted by Crippen LogP contribution is -2.12. The van der Waals surface area contributed by atoms with Crippen LogP contribution in [0.1, 0.15) is 36.5 Å². The minimum absolute atomic E-state index is 0.178. The van der Waals surface area contributed by atoms with Gasteiger partial charge in [-0.25, -0.2) is 4.98 Å². The molecule has 1 aromatic carbocycles. The zero-order valence-corrected chi connectivity index (χ0v) is 10.6. The SMILES string of the molecule is CC(C)CCc1nc2ccc(C=O)cc2c(=O)[nH]1. The fourth-order valence-electron chi connectivity index (χ4n) is 1.82.